The summed E-state index contributed by atoms with van der Waals surface area (Å²) in [5, 5.41) is 3.20. The molecule has 3 heteroatoms. The molecule has 0 bridgehead atoms. The lowest BCUT2D eigenvalue weighted by Gasteiger charge is -2.08. The van der Waals surface area contributed by atoms with Gasteiger partial charge in [0, 0.05) is 12.1 Å². The molecule has 2 rings (SSSR count). The van der Waals surface area contributed by atoms with Crippen molar-refractivity contribution in [2.24, 2.45) is 0 Å². The number of anilines is 1. The fraction of sp³-hybridized carbons (Fsp3) is 0.267. The van der Waals surface area contributed by atoms with Gasteiger partial charge in [0.2, 0.25) is 0 Å². The van der Waals surface area contributed by atoms with E-state index in [1.807, 2.05) is 31.2 Å². The molecule has 18 heavy (non-hydrogen) atoms. The molecule has 2 aromatic rings. The minimum atomic E-state index is -0.235. The number of halogens is 1. The van der Waals surface area contributed by atoms with Crippen LogP contribution in [0, 0.1) is 12.7 Å². The van der Waals surface area contributed by atoms with Gasteiger partial charge in [-0.3, -0.25) is 0 Å². The van der Waals surface area contributed by atoms with Crippen molar-refractivity contribution >= 4 is 5.82 Å². The van der Waals surface area contributed by atoms with Gasteiger partial charge < -0.3 is 5.32 Å². The fourth-order valence-corrected chi connectivity index (χ4v) is 1.77. The predicted molar refractivity (Wildman–Crippen MR) is 73.1 cm³/mol. The third-order valence-electron chi connectivity index (χ3n) is 2.70. The number of aromatic nitrogens is 1. The normalized spacial score (nSPS) is 10.4. The molecule has 0 radical (unpaired) electrons. The van der Waals surface area contributed by atoms with E-state index in [9.17, 15) is 4.39 Å². The first kappa shape index (κ1) is 12.6. The highest BCUT2D eigenvalue weighted by atomic mass is 19.1. The van der Waals surface area contributed by atoms with Gasteiger partial charge in [-0.25, -0.2) is 9.37 Å². The Kier molecular flexibility index (Phi) is 3.92. The van der Waals surface area contributed by atoms with Crippen molar-refractivity contribution < 1.29 is 4.39 Å². The van der Waals surface area contributed by atoms with Crippen LogP contribution in [-0.2, 0) is 0 Å². The predicted octanol–water partition coefficient (Wildman–Crippen LogP) is 4.02. The molecule has 0 aliphatic rings. The molecule has 0 amide bonds. The van der Waals surface area contributed by atoms with Crippen LogP contribution in [0.3, 0.4) is 0 Å². The zero-order valence-electron chi connectivity index (χ0n) is 10.7. The number of benzene rings is 1. The minimum absolute atomic E-state index is 0.235. The molecule has 0 aliphatic carbocycles. The van der Waals surface area contributed by atoms with E-state index in [2.05, 4.69) is 17.2 Å². The monoisotopic (exact) mass is 244 g/mol. The number of aryl methyl sites for hydroxylation is 1. The third-order valence-corrected chi connectivity index (χ3v) is 2.70. The summed E-state index contributed by atoms with van der Waals surface area (Å²) in [5.74, 6) is 0.552. The Hall–Kier alpha value is -1.90. The van der Waals surface area contributed by atoms with Gasteiger partial charge >= 0.3 is 0 Å². The van der Waals surface area contributed by atoms with Gasteiger partial charge in [-0.15, -0.1) is 0 Å². The smallest absolute Gasteiger partial charge is 0.132 e. The maximum absolute atomic E-state index is 13.8. The Bertz CT molecular complexity index is 538. The Labute approximate surface area is 107 Å². The maximum Gasteiger partial charge on any atom is 0.132 e. The third kappa shape index (κ3) is 2.86. The first-order valence-electron chi connectivity index (χ1n) is 6.18. The molecule has 1 heterocycles. The molecule has 0 saturated heterocycles. The quantitative estimate of drug-likeness (QED) is 0.878. The number of nitrogens with one attached hydrogen (secondary N) is 1. The Morgan fingerprint density at radius 3 is 2.83 bits per heavy atom. The summed E-state index contributed by atoms with van der Waals surface area (Å²) in [6, 6.07) is 10.7. The van der Waals surface area contributed by atoms with Gasteiger partial charge in [-0.1, -0.05) is 24.6 Å². The van der Waals surface area contributed by atoms with Gasteiger partial charge in [0.25, 0.3) is 0 Å². The van der Waals surface area contributed by atoms with Crippen LogP contribution in [0.15, 0.2) is 36.4 Å². The summed E-state index contributed by atoms with van der Waals surface area (Å²) in [5.41, 5.74) is 2.24. The van der Waals surface area contributed by atoms with Crippen LogP contribution in [0.25, 0.3) is 11.3 Å². The van der Waals surface area contributed by atoms with E-state index in [0.29, 0.717) is 11.3 Å². The standard InChI is InChI=1S/C15H17FN2/c1-3-9-17-15-6-4-5-14(18-15)12-10-11(2)7-8-13(12)16/h4-8,10H,3,9H2,1-2H3,(H,17,18). The molecule has 1 aromatic heterocycles. The summed E-state index contributed by atoms with van der Waals surface area (Å²) < 4.78 is 13.8. The number of hydrogen-bond donors (Lipinski definition) is 1. The zero-order valence-corrected chi connectivity index (χ0v) is 10.7. The van der Waals surface area contributed by atoms with Crippen LogP contribution < -0.4 is 5.32 Å². The van der Waals surface area contributed by atoms with E-state index in [4.69, 9.17) is 0 Å². The van der Waals surface area contributed by atoms with Crippen molar-refractivity contribution in [3.8, 4) is 11.3 Å². The van der Waals surface area contributed by atoms with E-state index >= 15 is 0 Å². The second-order valence-corrected chi connectivity index (χ2v) is 4.32. The zero-order chi connectivity index (χ0) is 13.0. The van der Waals surface area contributed by atoms with Crippen molar-refractivity contribution in [3.05, 3.63) is 47.8 Å². The van der Waals surface area contributed by atoms with E-state index in [1.165, 1.54) is 6.07 Å². The average Bonchev–Trinajstić information content (AvgIpc) is 2.39. The van der Waals surface area contributed by atoms with Gasteiger partial charge in [-0.05, 0) is 37.6 Å². The fourth-order valence-electron chi connectivity index (χ4n) is 1.77. The second kappa shape index (κ2) is 5.63. The summed E-state index contributed by atoms with van der Waals surface area (Å²) in [4.78, 5) is 4.43. The Balaban J connectivity index is 2.35. The topological polar surface area (TPSA) is 24.9 Å². The molecule has 0 fully saturated rings. The summed E-state index contributed by atoms with van der Waals surface area (Å²) in [6.07, 6.45) is 1.03. The molecular formula is C15H17FN2. The van der Waals surface area contributed by atoms with Crippen LogP contribution in [-0.4, -0.2) is 11.5 Å². The lowest BCUT2D eigenvalue weighted by Crippen LogP contribution is -2.02. The van der Waals surface area contributed by atoms with Gasteiger partial charge in [0.05, 0.1) is 5.69 Å². The number of nitrogens with zero attached hydrogens (tertiary/aromatic N) is 1. The van der Waals surface area contributed by atoms with Gasteiger partial charge in [0.1, 0.15) is 11.6 Å². The highest BCUT2D eigenvalue weighted by molar-refractivity contribution is 5.62. The molecule has 0 atom stereocenters. The highest BCUT2D eigenvalue weighted by Crippen LogP contribution is 2.23. The van der Waals surface area contributed by atoms with Crippen molar-refractivity contribution in [2.75, 3.05) is 11.9 Å². The summed E-state index contributed by atoms with van der Waals surface area (Å²) in [7, 11) is 0. The van der Waals surface area contributed by atoms with Gasteiger partial charge in [-0.2, -0.15) is 0 Å². The van der Waals surface area contributed by atoms with Crippen molar-refractivity contribution in [2.45, 2.75) is 20.3 Å². The average molecular weight is 244 g/mol. The largest absolute Gasteiger partial charge is 0.370 e. The van der Waals surface area contributed by atoms with Gasteiger partial charge in [0.15, 0.2) is 0 Å². The van der Waals surface area contributed by atoms with E-state index < -0.39 is 0 Å². The molecule has 0 aliphatic heterocycles. The van der Waals surface area contributed by atoms with E-state index in [1.54, 1.807) is 6.07 Å². The number of hydrogen-bond acceptors (Lipinski definition) is 2. The first-order chi connectivity index (χ1) is 8.70. The SMILES string of the molecule is CCCNc1cccc(-c2cc(C)ccc2F)n1. The first-order valence-corrected chi connectivity index (χ1v) is 6.18. The number of rotatable bonds is 4. The summed E-state index contributed by atoms with van der Waals surface area (Å²) >= 11 is 0. The van der Waals surface area contributed by atoms with Crippen LogP contribution in [0.2, 0.25) is 0 Å². The van der Waals surface area contributed by atoms with Crippen LogP contribution in [0.5, 0.6) is 0 Å². The second-order valence-electron chi connectivity index (χ2n) is 4.32. The summed E-state index contributed by atoms with van der Waals surface area (Å²) in [6.45, 7) is 4.91. The molecule has 0 unspecified atom stereocenters. The van der Waals surface area contributed by atoms with Crippen LogP contribution in [0.4, 0.5) is 10.2 Å². The van der Waals surface area contributed by atoms with Crippen LogP contribution in [0.1, 0.15) is 18.9 Å². The Morgan fingerprint density at radius 2 is 2.06 bits per heavy atom. The molecule has 94 valence electrons. The number of pyridine rings is 1. The van der Waals surface area contributed by atoms with Crippen molar-refractivity contribution in [3.63, 3.8) is 0 Å². The van der Waals surface area contributed by atoms with E-state index in [-0.39, 0.29) is 5.82 Å². The molecule has 0 spiro atoms. The molecular weight excluding hydrogens is 227 g/mol. The molecule has 2 nitrogen and oxygen atoms in total. The highest BCUT2D eigenvalue weighted by Gasteiger charge is 2.07. The lowest BCUT2D eigenvalue weighted by molar-refractivity contribution is 0.630. The van der Waals surface area contributed by atoms with Crippen molar-refractivity contribution in [1.29, 1.82) is 0 Å². The molecule has 1 aromatic carbocycles. The van der Waals surface area contributed by atoms with E-state index in [0.717, 1.165) is 24.3 Å². The van der Waals surface area contributed by atoms with Crippen LogP contribution >= 0.6 is 0 Å². The Morgan fingerprint density at radius 1 is 1.22 bits per heavy atom. The maximum atomic E-state index is 13.8. The van der Waals surface area contributed by atoms with Crippen molar-refractivity contribution in [1.82, 2.24) is 4.98 Å². The molecule has 1 N–H and O–H groups in total. The minimum Gasteiger partial charge on any atom is -0.370 e. The lowest BCUT2D eigenvalue weighted by atomic mass is 10.1. The molecule has 0 saturated carbocycles.